The van der Waals surface area contributed by atoms with Crippen LogP contribution in [-0.4, -0.2) is 34.2 Å². The zero-order valence-electron chi connectivity index (χ0n) is 9.68. The lowest BCUT2D eigenvalue weighted by molar-refractivity contribution is 0.0691. The van der Waals surface area contributed by atoms with Gasteiger partial charge in [0.25, 0.3) is 0 Å². The van der Waals surface area contributed by atoms with E-state index in [2.05, 4.69) is 4.98 Å². The van der Waals surface area contributed by atoms with Crippen LogP contribution in [0.2, 0.25) is 0 Å². The molecule has 0 radical (unpaired) electrons. The van der Waals surface area contributed by atoms with Gasteiger partial charge < -0.3 is 14.9 Å². The summed E-state index contributed by atoms with van der Waals surface area (Å²) < 4.78 is 18.8. The highest BCUT2D eigenvalue weighted by atomic mass is 19.1. The molecule has 0 fully saturated rings. The molecule has 0 saturated heterocycles. The number of nitrogens with zero attached hydrogens (tertiary/aromatic N) is 1. The standard InChI is InChI=1S/C12H8FNO5/c1-19-8-3-2-6-9(10(8)13)5(11(15)16)4-7(14-6)12(17)18/h2-4H,1H3,(H,15,16)(H,17,18). The summed E-state index contributed by atoms with van der Waals surface area (Å²) in [5.41, 5.74) is -0.996. The molecule has 0 amide bonds. The van der Waals surface area contributed by atoms with Crippen molar-refractivity contribution in [3.05, 3.63) is 35.3 Å². The van der Waals surface area contributed by atoms with E-state index < -0.39 is 29.0 Å². The average Bonchev–Trinajstić information content (AvgIpc) is 2.37. The van der Waals surface area contributed by atoms with E-state index >= 15 is 0 Å². The van der Waals surface area contributed by atoms with Gasteiger partial charge in [0.1, 0.15) is 5.69 Å². The quantitative estimate of drug-likeness (QED) is 0.877. The Morgan fingerprint density at radius 3 is 2.47 bits per heavy atom. The van der Waals surface area contributed by atoms with Gasteiger partial charge in [-0.25, -0.2) is 19.0 Å². The molecule has 0 aliphatic carbocycles. The number of carboxylic acid groups (broad SMARTS) is 2. The Balaban J connectivity index is 2.91. The molecule has 6 nitrogen and oxygen atoms in total. The predicted molar refractivity (Wildman–Crippen MR) is 62.2 cm³/mol. The average molecular weight is 265 g/mol. The molecule has 1 aromatic carbocycles. The maximum atomic E-state index is 14.0. The van der Waals surface area contributed by atoms with Crippen LogP contribution in [0.15, 0.2) is 18.2 Å². The van der Waals surface area contributed by atoms with Crippen LogP contribution < -0.4 is 4.74 Å². The molecule has 7 heteroatoms. The number of carbonyl (C=O) groups is 2. The number of benzene rings is 1. The third-order valence-electron chi connectivity index (χ3n) is 2.55. The number of hydrogen-bond acceptors (Lipinski definition) is 4. The second-order valence-electron chi connectivity index (χ2n) is 3.64. The van der Waals surface area contributed by atoms with Crippen LogP contribution in [0, 0.1) is 5.82 Å². The topological polar surface area (TPSA) is 96.7 Å². The van der Waals surface area contributed by atoms with Crippen molar-refractivity contribution in [3.63, 3.8) is 0 Å². The molecule has 0 unspecified atom stereocenters. The number of rotatable bonds is 3. The summed E-state index contributed by atoms with van der Waals surface area (Å²) in [4.78, 5) is 25.7. The van der Waals surface area contributed by atoms with Crippen molar-refractivity contribution in [2.75, 3.05) is 7.11 Å². The SMILES string of the molecule is COc1ccc2nc(C(=O)O)cc(C(=O)O)c2c1F. The summed E-state index contributed by atoms with van der Waals surface area (Å²) in [6.45, 7) is 0. The van der Waals surface area contributed by atoms with Crippen molar-refractivity contribution < 1.29 is 28.9 Å². The molecule has 0 spiro atoms. The van der Waals surface area contributed by atoms with E-state index in [-0.39, 0.29) is 16.7 Å². The number of aromatic carboxylic acids is 2. The number of methoxy groups -OCH3 is 1. The van der Waals surface area contributed by atoms with E-state index in [1.54, 1.807) is 0 Å². The second-order valence-corrected chi connectivity index (χ2v) is 3.64. The summed E-state index contributed by atoms with van der Waals surface area (Å²) in [6.07, 6.45) is 0. The zero-order chi connectivity index (χ0) is 14.2. The molecular weight excluding hydrogens is 257 g/mol. The van der Waals surface area contributed by atoms with E-state index in [9.17, 15) is 14.0 Å². The van der Waals surface area contributed by atoms with Crippen LogP contribution >= 0.6 is 0 Å². The monoisotopic (exact) mass is 265 g/mol. The fourth-order valence-electron chi connectivity index (χ4n) is 1.70. The van der Waals surface area contributed by atoms with Gasteiger partial charge in [0.15, 0.2) is 11.6 Å². The molecule has 2 aromatic rings. The number of carboxylic acids is 2. The van der Waals surface area contributed by atoms with Gasteiger partial charge in [-0.1, -0.05) is 0 Å². The van der Waals surface area contributed by atoms with Crippen LogP contribution in [0.3, 0.4) is 0 Å². The molecular formula is C12H8FNO5. The lowest BCUT2D eigenvalue weighted by Gasteiger charge is -2.08. The maximum Gasteiger partial charge on any atom is 0.354 e. The molecule has 19 heavy (non-hydrogen) atoms. The molecule has 0 aliphatic heterocycles. The molecule has 2 rings (SSSR count). The van der Waals surface area contributed by atoms with Gasteiger partial charge in [-0.3, -0.25) is 0 Å². The Morgan fingerprint density at radius 1 is 1.26 bits per heavy atom. The van der Waals surface area contributed by atoms with Crippen LogP contribution in [0.25, 0.3) is 10.9 Å². The van der Waals surface area contributed by atoms with Crippen LogP contribution in [0.4, 0.5) is 4.39 Å². The van der Waals surface area contributed by atoms with E-state index in [4.69, 9.17) is 14.9 Å². The molecule has 0 atom stereocenters. The minimum atomic E-state index is -1.44. The molecule has 2 N–H and O–H groups in total. The van der Waals surface area contributed by atoms with Crippen molar-refractivity contribution in [2.24, 2.45) is 0 Å². The maximum absolute atomic E-state index is 14.0. The highest BCUT2D eigenvalue weighted by Gasteiger charge is 2.20. The lowest BCUT2D eigenvalue weighted by Crippen LogP contribution is -2.07. The van der Waals surface area contributed by atoms with E-state index in [0.717, 1.165) is 6.07 Å². The Hall–Kier alpha value is -2.70. The molecule has 0 bridgehead atoms. The lowest BCUT2D eigenvalue weighted by atomic mass is 10.1. The van der Waals surface area contributed by atoms with E-state index in [1.165, 1.54) is 19.2 Å². The molecule has 0 aliphatic rings. The molecule has 1 aromatic heterocycles. The Kier molecular flexibility index (Phi) is 3.04. The van der Waals surface area contributed by atoms with Gasteiger partial charge in [-0.05, 0) is 18.2 Å². The largest absolute Gasteiger partial charge is 0.494 e. The molecule has 98 valence electrons. The normalized spacial score (nSPS) is 10.4. The fourth-order valence-corrected chi connectivity index (χ4v) is 1.70. The minimum absolute atomic E-state index is 0.0596. The molecule has 1 heterocycles. The van der Waals surface area contributed by atoms with Gasteiger partial charge in [0.05, 0.1) is 23.6 Å². The van der Waals surface area contributed by atoms with E-state index in [0.29, 0.717) is 0 Å². The van der Waals surface area contributed by atoms with Gasteiger partial charge in [0, 0.05) is 0 Å². The van der Waals surface area contributed by atoms with Crippen molar-refractivity contribution in [1.29, 1.82) is 0 Å². The van der Waals surface area contributed by atoms with E-state index in [1.807, 2.05) is 0 Å². The second kappa shape index (κ2) is 4.52. The number of ether oxygens (including phenoxy) is 1. The Morgan fingerprint density at radius 2 is 1.95 bits per heavy atom. The summed E-state index contributed by atoms with van der Waals surface area (Å²) >= 11 is 0. The number of aromatic nitrogens is 1. The fraction of sp³-hybridized carbons (Fsp3) is 0.0833. The first kappa shape index (κ1) is 12.7. The van der Waals surface area contributed by atoms with Crippen molar-refractivity contribution in [1.82, 2.24) is 4.98 Å². The highest BCUT2D eigenvalue weighted by molar-refractivity contribution is 6.05. The number of fused-ring (bicyclic) bond motifs is 1. The third-order valence-corrected chi connectivity index (χ3v) is 2.55. The molecule has 0 saturated carbocycles. The first-order valence-corrected chi connectivity index (χ1v) is 5.09. The van der Waals surface area contributed by atoms with Gasteiger partial charge >= 0.3 is 11.9 Å². The third kappa shape index (κ3) is 2.05. The number of pyridine rings is 1. The number of hydrogen-bond donors (Lipinski definition) is 2. The number of halogens is 1. The Labute approximate surface area is 106 Å². The summed E-state index contributed by atoms with van der Waals surface area (Å²) in [6, 6.07) is 3.37. The van der Waals surface area contributed by atoms with Crippen LogP contribution in [0.5, 0.6) is 5.75 Å². The smallest absolute Gasteiger partial charge is 0.354 e. The summed E-state index contributed by atoms with van der Waals surface area (Å²) in [5.74, 6) is -3.86. The zero-order valence-corrected chi connectivity index (χ0v) is 9.68. The summed E-state index contributed by atoms with van der Waals surface area (Å²) in [7, 11) is 1.24. The van der Waals surface area contributed by atoms with Crippen molar-refractivity contribution in [3.8, 4) is 5.75 Å². The first-order chi connectivity index (χ1) is 8.95. The van der Waals surface area contributed by atoms with Crippen LogP contribution in [-0.2, 0) is 0 Å². The van der Waals surface area contributed by atoms with Crippen molar-refractivity contribution >= 4 is 22.8 Å². The highest BCUT2D eigenvalue weighted by Crippen LogP contribution is 2.28. The van der Waals surface area contributed by atoms with Gasteiger partial charge in [-0.15, -0.1) is 0 Å². The van der Waals surface area contributed by atoms with Crippen LogP contribution in [0.1, 0.15) is 20.8 Å². The first-order valence-electron chi connectivity index (χ1n) is 5.09. The van der Waals surface area contributed by atoms with Gasteiger partial charge in [-0.2, -0.15) is 0 Å². The predicted octanol–water partition coefficient (Wildman–Crippen LogP) is 1.78. The summed E-state index contributed by atoms with van der Waals surface area (Å²) in [5, 5.41) is 17.6. The van der Waals surface area contributed by atoms with Crippen molar-refractivity contribution in [2.45, 2.75) is 0 Å². The van der Waals surface area contributed by atoms with Gasteiger partial charge in [0.2, 0.25) is 0 Å². The minimum Gasteiger partial charge on any atom is -0.494 e. The Bertz CT molecular complexity index is 698.